The molecule has 0 radical (unpaired) electrons. The highest BCUT2D eigenvalue weighted by Crippen LogP contribution is 2.30. The smallest absolute Gasteiger partial charge is 0.282 e. The summed E-state index contributed by atoms with van der Waals surface area (Å²) in [7, 11) is 0. The highest BCUT2D eigenvalue weighted by atomic mass is 19.1. The minimum absolute atomic E-state index is 0.0264. The molecule has 0 saturated heterocycles. The van der Waals surface area contributed by atoms with Gasteiger partial charge in [0.2, 0.25) is 5.89 Å². The van der Waals surface area contributed by atoms with Crippen molar-refractivity contribution in [1.29, 1.82) is 0 Å². The van der Waals surface area contributed by atoms with Gasteiger partial charge >= 0.3 is 0 Å². The fourth-order valence-electron chi connectivity index (χ4n) is 1.81. The van der Waals surface area contributed by atoms with Gasteiger partial charge in [0.25, 0.3) is 11.6 Å². The number of aromatic nitrogens is 2. The number of halogens is 1. The van der Waals surface area contributed by atoms with Crippen LogP contribution in [0.5, 0.6) is 0 Å². The standard InChI is InChI=1S/C13H15FN4O3/c1-3-6-15-8(2)12-16-17-13(21-12)10-7-9(14)4-5-11(10)18(19)20/h4-5,7-8,15H,3,6H2,1-2H3. The molecule has 0 aliphatic rings. The van der Waals surface area contributed by atoms with Gasteiger partial charge in [-0.15, -0.1) is 10.2 Å². The Bertz CT molecular complexity index is 644. The first-order chi connectivity index (χ1) is 10.0. The van der Waals surface area contributed by atoms with Crippen molar-refractivity contribution < 1.29 is 13.7 Å². The Balaban J connectivity index is 2.33. The predicted octanol–water partition coefficient (Wildman–Crippen LogP) is 2.84. The molecule has 0 saturated carbocycles. The number of nitro benzene ring substituents is 1. The quantitative estimate of drug-likeness (QED) is 0.650. The number of hydrogen-bond donors (Lipinski definition) is 1. The fraction of sp³-hybridized carbons (Fsp3) is 0.385. The fourth-order valence-corrected chi connectivity index (χ4v) is 1.81. The molecule has 0 spiro atoms. The number of hydrogen-bond acceptors (Lipinski definition) is 6. The molecule has 1 unspecified atom stereocenters. The third-order valence-corrected chi connectivity index (χ3v) is 2.90. The van der Waals surface area contributed by atoms with E-state index in [-0.39, 0.29) is 23.2 Å². The van der Waals surface area contributed by atoms with Crippen LogP contribution < -0.4 is 5.32 Å². The van der Waals surface area contributed by atoms with E-state index in [1.807, 2.05) is 13.8 Å². The van der Waals surface area contributed by atoms with E-state index in [2.05, 4.69) is 15.5 Å². The largest absolute Gasteiger partial charge is 0.419 e. The Labute approximate surface area is 120 Å². The first-order valence-corrected chi connectivity index (χ1v) is 6.54. The van der Waals surface area contributed by atoms with Crippen molar-refractivity contribution in [2.75, 3.05) is 6.54 Å². The highest BCUT2D eigenvalue weighted by Gasteiger charge is 2.22. The van der Waals surface area contributed by atoms with E-state index in [4.69, 9.17) is 4.42 Å². The molecule has 0 amide bonds. The number of nitrogens with zero attached hydrogens (tertiary/aromatic N) is 3. The third kappa shape index (κ3) is 3.40. The Morgan fingerprint density at radius 1 is 1.48 bits per heavy atom. The molecule has 1 atom stereocenters. The van der Waals surface area contributed by atoms with Crippen molar-refractivity contribution in [3.8, 4) is 11.5 Å². The van der Waals surface area contributed by atoms with E-state index in [1.54, 1.807) is 0 Å². The van der Waals surface area contributed by atoms with Crippen LogP contribution in [0.15, 0.2) is 22.6 Å². The third-order valence-electron chi connectivity index (χ3n) is 2.90. The predicted molar refractivity (Wildman–Crippen MR) is 73.1 cm³/mol. The average Bonchev–Trinajstić information content (AvgIpc) is 2.94. The van der Waals surface area contributed by atoms with Crippen molar-refractivity contribution in [3.05, 3.63) is 40.0 Å². The van der Waals surface area contributed by atoms with Gasteiger partial charge in [0.1, 0.15) is 11.4 Å². The van der Waals surface area contributed by atoms with Crippen molar-refractivity contribution in [3.63, 3.8) is 0 Å². The molecular formula is C13H15FN4O3. The number of nitro groups is 1. The van der Waals surface area contributed by atoms with Crippen LogP contribution in [0.4, 0.5) is 10.1 Å². The van der Waals surface area contributed by atoms with Gasteiger partial charge in [0.15, 0.2) is 0 Å². The minimum Gasteiger partial charge on any atom is -0.419 e. The summed E-state index contributed by atoms with van der Waals surface area (Å²) < 4.78 is 18.7. The van der Waals surface area contributed by atoms with Crippen LogP contribution in [-0.4, -0.2) is 21.7 Å². The van der Waals surface area contributed by atoms with Crippen LogP contribution in [0.1, 0.15) is 32.2 Å². The van der Waals surface area contributed by atoms with Gasteiger partial charge in [-0.3, -0.25) is 10.1 Å². The summed E-state index contributed by atoms with van der Waals surface area (Å²) in [6.07, 6.45) is 0.945. The van der Waals surface area contributed by atoms with Gasteiger partial charge in [-0.25, -0.2) is 4.39 Å². The maximum absolute atomic E-state index is 13.3. The summed E-state index contributed by atoms with van der Waals surface area (Å²) in [4.78, 5) is 10.4. The molecule has 21 heavy (non-hydrogen) atoms. The zero-order valence-electron chi connectivity index (χ0n) is 11.7. The maximum Gasteiger partial charge on any atom is 0.282 e. The summed E-state index contributed by atoms with van der Waals surface area (Å²) in [5, 5.41) is 21.8. The Morgan fingerprint density at radius 3 is 2.90 bits per heavy atom. The number of nitrogens with one attached hydrogen (secondary N) is 1. The molecule has 0 aliphatic carbocycles. The summed E-state index contributed by atoms with van der Waals surface area (Å²) >= 11 is 0. The molecule has 0 aliphatic heterocycles. The lowest BCUT2D eigenvalue weighted by Gasteiger charge is -2.07. The molecule has 7 nitrogen and oxygen atoms in total. The van der Waals surface area contributed by atoms with Crippen LogP contribution >= 0.6 is 0 Å². The molecule has 2 aromatic rings. The highest BCUT2D eigenvalue weighted by molar-refractivity contribution is 5.66. The molecule has 8 heteroatoms. The molecule has 1 heterocycles. The van der Waals surface area contributed by atoms with Gasteiger partial charge in [0.05, 0.1) is 11.0 Å². The minimum atomic E-state index is -0.614. The lowest BCUT2D eigenvalue weighted by molar-refractivity contribution is -0.384. The van der Waals surface area contributed by atoms with E-state index in [1.165, 1.54) is 0 Å². The molecule has 0 fully saturated rings. The summed E-state index contributed by atoms with van der Waals surface area (Å²) in [5.41, 5.74) is -0.304. The molecule has 0 bridgehead atoms. The summed E-state index contributed by atoms with van der Waals surface area (Å²) in [6.45, 7) is 4.64. The van der Waals surface area contributed by atoms with E-state index in [9.17, 15) is 14.5 Å². The van der Waals surface area contributed by atoms with Gasteiger partial charge < -0.3 is 9.73 Å². The lowest BCUT2D eigenvalue weighted by atomic mass is 10.2. The molecule has 2 rings (SSSR count). The SMILES string of the molecule is CCCNC(C)c1nnc(-c2cc(F)ccc2[N+](=O)[O-])o1. The molecule has 112 valence electrons. The van der Waals surface area contributed by atoms with Gasteiger partial charge in [-0.1, -0.05) is 6.92 Å². The van der Waals surface area contributed by atoms with E-state index >= 15 is 0 Å². The molecule has 1 aromatic heterocycles. The lowest BCUT2D eigenvalue weighted by Crippen LogP contribution is -2.19. The second-order valence-corrected chi connectivity index (χ2v) is 4.54. The van der Waals surface area contributed by atoms with Crippen molar-refractivity contribution in [2.45, 2.75) is 26.3 Å². The first kappa shape index (κ1) is 15.0. The van der Waals surface area contributed by atoms with Crippen molar-refractivity contribution in [2.24, 2.45) is 0 Å². The summed E-state index contributed by atoms with van der Waals surface area (Å²) in [6, 6.07) is 2.93. The Kier molecular flexibility index (Phi) is 4.59. The first-order valence-electron chi connectivity index (χ1n) is 6.54. The van der Waals surface area contributed by atoms with E-state index in [0.29, 0.717) is 5.89 Å². The average molecular weight is 294 g/mol. The van der Waals surface area contributed by atoms with Crippen LogP contribution in [0.3, 0.4) is 0 Å². The van der Waals surface area contributed by atoms with Gasteiger partial charge in [0, 0.05) is 6.07 Å². The Morgan fingerprint density at radius 2 is 2.24 bits per heavy atom. The second kappa shape index (κ2) is 6.40. The van der Waals surface area contributed by atoms with Crippen molar-refractivity contribution >= 4 is 5.69 Å². The monoisotopic (exact) mass is 294 g/mol. The van der Waals surface area contributed by atoms with Gasteiger partial charge in [-0.05, 0) is 32.0 Å². The van der Waals surface area contributed by atoms with Crippen LogP contribution in [0.2, 0.25) is 0 Å². The summed E-state index contributed by atoms with van der Waals surface area (Å²) in [5.74, 6) is -0.370. The molecular weight excluding hydrogens is 279 g/mol. The van der Waals surface area contributed by atoms with E-state index < -0.39 is 10.7 Å². The van der Waals surface area contributed by atoms with Crippen molar-refractivity contribution in [1.82, 2.24) is 15.5 Å². The van der Waals surface area contributed by atoms with Crippen LogP contribution in [0, 0.1) is 15.9 Å². The number of benzene rings is 1. The zero-order valence-corrected chi connectivity index (χ0v) is 11.7. The molecule has 1 N–H and O–H groups in total. The van der Waals surface area contributed by atoms with Gasteiger partial charge in [-0.2, -0.15) is 0 Å². The topological polar surface area (TPSA) is 94.1 Å². The van der Waals surface area contributed by atoms with Crippen LogP contribution in [0.25, 0.3) is 11.5 Å². The zero-order chi connectivity index (χ0) is 15.4. The molecule has 1 aromatic carbocycles. The second-order valence-electron chi connectivity index (χ2n) is 4.54. The Hall–Kier alpha value is -2.35. The van der Waals surface area contributed by atoms with Crippen LogP contribution in [-0.2, 0) is 0 Å². The van der Waals surface area contributed by atoms with E-state index in [0.717, 1.165) is 31.2 Å². The number of rotatable bonds is 6. The normalized spacial score (nSPS) is 12.3. The maximum atomic E-state index is 13.3.